The van der Waals surface area contributed by atoms with Crippen molar-refractivity contribution in [2.45, 2.75) is 6.42 Å². The first-order valence-corrected chi connectivity index (χ1v) is 5.29. The van der Waals surface area contributed by atoms with Crippen LogP contribution in [0.5, 0.6) is 0 Å². The molecule has 17 heavy (non-hydrogen) atoms. The van der Waals surface area contributed by atoms with Gasteiger partial charge in [0.1, 0.15) is 0 Å². The Morgan fingerprint density at radius 1 is 1.29 bits per heavy atom. The second-order valence-electron chi connectivity index (χ2n) is 3.47. The summed E-state index contributed by atoms with van der Waals surface area (Å²) in [6, 6.07) is 9.69. The number of hydrogen-bond donors (Lipinski definition) is 3. The van der Waals surface area contributed by atoms with E-state index in [2.05, 4.69) is 26.0 Å². The highest BCUT2D eigenvalue weighted by atomic mass is 16.2. The van der Waals surface area contributed by atoms with E-state index in [0.717, 1.165) is 6.42 Å². The molecular formula is C11H13N5O. The summed E-state index contributed by atoms with van der Waals surface area (Å²) in [5.74, 6) is 0.405. The molecule has 3 N–H and O–H groups in total. The summed E-state index contributed by atoms with van der Waals surface area (Å²) in [5.41, 5.74) is 1.19. The van der Waals surface area contributed by atoms with Gasteiger partial charge in [0, 0.05) is 6.54 Å². The van der Waals surface area contributed by atoms with E-state index in [1.165, 1.54) is 11.8 Å². The van der Waals surface area contributed by atoms with Gasteiger partial charge in [0.15, 0.2) is 5.82 Å². The normalized spacial score (nSPS) is 9.88. The highest BCUT2D eigenvalue weighted by Crippen LogP contribution is 1.98. The summed E-state index contributed by atoms with van der Waals surface area (Å²) in [5, 5.41) is 15.0. The molecule has 0 bridgehead atoms. The van der Waals surface area contributed by atoms with Gasteiger partial charge < -0.3 is 5.32 Å². The Morgan fingerprint density at radius 3 is 2.82 bits per heavy atom. The Hall–Kier alpha value is -2.37. The number of aromatic amines is 1. The van der Waals surface area contributed by atoms with Crippen LogP contribution in [0.2, 0.25) is 0 Å². The van der Waals surface area contributed by atoms with Crippen LogP contribution in [0.3, 0.4) is 0 Å². The smallest absolute Gasteiger partial charge is 0.320 e. The molecule has 0 fully saturated rings. The second kappa shape index (κ2) is 5.64. The van der Waals surface area contributed by atoms with Crippen molar-refractivity contribution in [2.24, 2.45) is 0 Å². The number of carbonyl (C=O) groups excluding carboxylic acids is 1. The predicted octanol–water partition coefficient (Wildman–Crippen LogP) is 1.17. The molecule has 1 aromatic heterocycles. The van der Waals surface area contributed by atoms with Crippen molar-refractivity contribution in [3.63, 3.8) is 0 Å². The standard InChI is InChI=1S/C11H13N5O/c17-11(14-10-8-13-16-15-10)12-7-6-9-4-2-1-3-5-9/h1-5,8H,6-7H2,(H3,12,13,14,15,16,17). The lowest BCUT2D eigenvalue weighted by Gasteiger charge is -2.05. The summed E-state index contributed by atoms with van der Waals surface area (Å²) >= 11 is 0. The van der Waals surface area contributed by atoms with Gasteiger partial charge in [0.05, 0.1) is 6.20 Å². The van der Waals surface area contributed by atoms with Crippen molar-refractivity contribution in [3.05, 3.63) is 42.1 Å². The number of anilines is 1. The number of aromatic nitrogens is 3. The summed E-state index contributed by atoms with van der Waals surface area (Å²) in [7, 11) is 0. The molecule has 6 heteroatoms. The quantitative estimate of drug-likeness (QED) is 0.738. The fourth-order valence-corrected chi connectivity index (χ4v) is 1.39. The molecule has 0 aliphatic heterocycles. The molecule has 0 atom stereocenters. The Bertz CT molecular complexity index is 454. The minimum Gasteiger partial charge on any atom is -0.337 e. The molecule has 0 spiro atoms. The minimum atomic E-state index is -0.283. The van der Waals surface area contributed by atoms with Gasteiger partial charge in [-0.1, -0.05) is 30.3 Å². The first-order valence-electron chi connectivity index (χ1n) is 5.29. The number of amides is 2. The third-order valence-corrected chi connectivity index (χ3v) is 2.20. The molecule has 0 unspecified atom stereocenters. The SMILES string of the molecule is O=C(NCCc1ccccc1)Nc1cn[nH]n1. The zero-order valence-corrected chi connectivity index (χ0v) is 9.18. The number of urea groups is 1. The number of rotatable bonds is 4. The summed E-state index contributed by atoms with van der Waals surface area (Å²) < 4.78 is 0. The van der Waals surface area contributed by atoms with Crippen LogP contribution < -0.4 is 10.6 Å². The lowest BCUT2D eigenvalue weighted by atomic mass is 10.1. The van der Waals surface area contributed by atoms with E-state index in [1.807, 2.05) is 30.3 Å². The average Bonchev–Trinajstić information content (AvgIpc) is 2.83. The van der Waals surface area contributed by atoms with E-state index in [0.29, 0.717) is 12.4 Å². The molecule has 0 saturated heterocycles. The first kappa shape index (κ1) is 11.1. The van der Waals surface area contributed by atoms with Gasteiger partial charge in [-0.3, -0.25) is 5.32 Å². The van der Waals surface area contributed by atoms with Crippen molar-refractivity contribution in [2.75, 3.05) is 11.9 Å². The zero-order chi connectivity index (χ0) is 11.9. The first-order chi connectivity index (χ1) is 8.34. The third kappa shape index (κ3) is 3.60. The van der Waals surface area contributed by atoms with Gasteiger partial charge in [-0.2, -0.15) is 10.3 Å². The van der Waals surface area contributed by atoms with Crippen molar-refractivity contribution in [1.29, 1.82) is 0 Å². The van der Waals surface area contributed by atoms with Crippen molar-refractivity contribution in [1.82, 2.24) is 20.7 Å². The Morgan fingerprint density at radius 2 is 2.12 bits per heavy atom. The van der Waals surface area contributed by atoms with Crippen LogP contribution >= 0.6 is 0 Å². The molecule has 88 valence electrons. The topological polar surface area (TPSA) is 82.7 Å². The maximum atomic E-state index is 11.4. The Kier molecular flexibility index (Phi) is 3.69. The molecule has 6 nitrogen and oxygen atoms in total. The number of benzene rings is 1. The molecule has 0 aliphatic carbocycles. The second-order valence-corrected chi connectivity index (χ2v) is 3.47. The fraction of sp³-hybridized carbons (Fsp3) is 0.182. The van der Waals surface area contributed by atoms with Gasteiger partial charge in [0.2, 0.25) is 0 Å². The van der Waals surface area contributed by atoms with Gasteiger partial charge in [-0.25, -0.2) is 4.79 Å². The molecule has 2 aromatic rings. The highest BCUT2D eigenvalue weighted by Gasteiger charge is 2.02. The molecule has 0 radical (unpaired) electrons. The van der Waals surface area contributed by atoms with Gasteiger partial charge >= 0.3 is 6.03 Å². The summed E-state index contributed by atoms with van der Waals surface area (Å²) in [6.45, 7) is 0.577. The number of hydrogen-bond acceptors (Lipinski definition) is 3. The zero-order valence-electron chi connectivity index (χ0n) is 9.18. The molecule has 2 rings (SSSR count). The van der Waals surface area contributed by atoms with Gasteiger partial charge in [-0.05, 0) is 12.0 Å². The van der Waals surface area contributed by atoms with Crippen molar-refractivity contribution < 1.29 is 4.79 Å². The minimum absolute atomic E-state index is 0.283. The van der Waals surface area contributed by atoms with Crippen LogP contribution in [-0.4, -0.2) is 28.0 Å². The summed E-state index contributed by atoms with van der Waals surface area (Å²) in [6.07, 6.45) is 2.24. The number of carbonyl (C=O) groups is 1. The Labute approximate surface area is 98.4 Å². The van der Waals surface area contributed by atoms with E-state index in [9.17, 15) is 4.79 Å². The van der Waals surface area contributed by atoms with Gasteiger partial charge in [0.25, 0.3) is 0 Å². The maximum Gasteiger partial charge on any atom is 0.320 e. The van der Waals surface area contributed by atoms with E-state index in [1.54, 1.807) is 0 Å². The predicted molar refractivity (Wildman–Crippen MR) is 63.6 cm³/mol. The van der Waals surface area contributed by atoms with E-state index in [4.69, 9.17) is 0 Å². The highest BCUT2D eigenvalue weighted by molar-refractivity contribution is 5.87. The molecule has 1 heterocycles. The summed E-state index contributed by atoms with van der Waals surface area (Å²) in [4.78, 5) is 11.4. The van der Waals surface area contributed by atoms with Crippen LogP contribution in [0.4, 0.5) is 10.6 Å². The van der Waals surface area contributed by atoms with Crippen LogP contribution in [0.25, 0.3) is 0 Å². The van der Waals surface area contributed by atoms with Crippen LogP contribution in [0, 0.1) is 0 Å². The molecule has 0 aliphatic rings. The largest absolute Gasteiger partial charge is 0.337 e. The lowest BCUT2D eigenvalue weighted by molar-refractivity contribution is 0.252. The van der Waals surface area contributed by atoms with Crippen LogP contribution in [0.1, 0.15) is 5.56 Å². The van der Waals surface area contributed by atoms with Crippen molar-refractivity contribution >= 4 is 11.8 Å². The number of nitrogens with one attached hydrogen (secondary N) is 3. The maximum absolute atomic E-state index is 11.4. The number of H-pyrrole nitrogens is 1. The average molecular weight is 231 g/mol. The van der Waals surface area contributed by atoms with Crippen LogP contribution in [-0.2, 0) is 6.42 Å². The van der Waals surface area contributed by atoms with Crippen molar-refractivity contribution in [3.8, 4) is 0 Å². The van der Waals surface area contributed by atoms with E-state index < -0.39 is 0 Å². The van der Waals surface area contributed by atoms with E-state index >= 15 is 0 Å². The fourth-order valence-electron chi connectivity index (χ4n) is 1.39. The molecule has 2 amide bonds. The molecular weight excluding hydrogens is 218 g/mol. The van der Waals surface area contributed by atoms with E-state index in [-0.39, 0.29) is 6.03 Å². The van der Waals surface area contributed by atoms with Gasteiger partial charge in [-0.15, -0.1) is 5.10 Å². The third-order valence-electron chi connectivity index (χ3n) is 2.20. The monoisotopic (exact) mass is 231 g/mol. The molecule has 1 aromatic carbocycles. The Balaban J connectivity index is 1.70. The lowest BCUT2D eigenvalue weighted by Crippen LogP contribution is -2.30. The molecule has 0 saturated carbocycles. The van der Waals surface area contributed by atoms with Crippen LogP contribution in [0.15, 0.2) is 36.5 Å². The number of nitrogens with zero attached hydrogens (tertiary/aromatic N) is 2.